The number of anilines is 1. The van der Waals surface area contributed by atoms with Crippen LogP contribution in [-0.2, 0) is 0 Å². The summed E-state index contributed by atoms with van der Waals surface area (Å²) in [6.07, 6.45) is 2.64. The van der Waals surface area contributed by atoms with Crippen molar-refractivity contribution >= 4 is 5.69 Å². The van der Waals surface area contributed by atoms with Gasteiger partial charge < -0.3 is 5.32 Å². The molecule has 15 heavy (non-hydrogen) atoms. The largest absolute Gasteiger partial charge is 0.385 e. The molecule has 0 radical (unpaired) electrons. The quantitative estimate of drug-likeness (QED) is 0.753. The molecule has 1 unspecified atom stereocenters. The van der Waals surface area contributed by atoms with Gasteiger partial charge in [-0.3, -0.25) is 4.90 Å². The molecular weight excluding hydrogens is 184 g/mol. The van der Waals surface area contributed by atoms with E-state index in [1.165, 1.54) is 37.2 Å². The maximum Gasteiger partial charge on any atom is 0.0391 e. The zero-order chi connectivity index (χ0) is 10.3. The summed E-state index contributed by atoms with van der Waals surface area (Å²) in [5.74, 6) is 0. The van der Waals surface area contributed by atoms with Crippen molar-refractivity contribution in [3.05, 3.63) is 29.3 Å². The Balaban J connectivity index is 2.00. The number of hydrogen-bond acceptors (Lipinski definition) is 2. The van der Waals surface area contributed by atoms with Crippen LogP contribution in [0.4, 0.5) is 5.69 Å². The van der Waals surface area contributed by atoms with Gasteiger partial charge in [0.1, 0.15) is 0 Å². The second-order valence-electron chi connectivity index (χ2n) is 4.66. The Bertz CT molecular complexity index is 369. The molecule has 0 aliphatic carbocycles. The highest BCUT2D eigenvalue weighted by molar-refractivity contribution is 5.57. The lowest BCUT2D eigenvalue weighted by molar-refractivity contribution is 0.111. The van der Waals surface area contributed by atoms with Crippen LogP contribution in [0.2, 0.25) is 0 Å². The smallest absolute Gasteiger partial charge is 0.0391 e. The highest BCUT2D eigenvalue weighted by atomic mass is 15.2. The minimum atomic E-state index is 0.677. The number of nitrogens with zero attached hydrogens (tertiary/aromatic N) is 1. The van der Waals surface area contributed by atoms with Crippen molar-refractivity contribution in [2.45, 2.75) is 25.8 Å². The van der Waals surface area contributed by atoms with E-state index in [-0.39, 0.29) is 0 Å². The first-order valence-electron chi connectivity index (χ1n) is 5.94. The number of hydrogen-bond donors (Lipinski definition) is 1. The van der Waals surface area contributed by atoms with Crippen molar-refractivity contribution in [3.63, 3.8) is 0 Å². The van der Waals surface area contributed by atoms with E-state index in [2.05, 4.69) is 35.3 Å². The van der Waals surface area contributed by atoms with Crippen molar-refractivity contribution < 1.29 is 0 Å². The van der Waals surface area contributed by atoms with Gasteiger partial charge in [-0.1, -0.05) is 12.1 Å². The normalized spacial score (nSPS) is 25.3. The van der Waals surface area contributed by atoms with Gasteiger partial charge in [-0.25, -0.2) is 0 Å². The zero-order valence-electron chi connectivity index (χ0n) is 9.29. The molecule has 0 bridgehead atoms. The molecule has 2 nitrogen and oxygen atoms in total. The van der Waals surface area contributed by atoms with Crippen molar-refractivity contribution in [2.75, 3.05) is 25.0 Å². The van der Waals surface area contributed by atoms with Crippen LogP contribution in [0.15, 0.2) is 18.2 Å². The fraction of sp³-hybridized carbons (Fsp3) is 0.538. The van der Waals surface area contributed by atoms with E-state index in [0.717, 1.165) is 6.54 Å². The van der Waals surface area contributed by atoms with E-state index < -0.39 is 0 Å². The van der Waals surface area contributed by atoms with E-state index in [0.29, 0.717) is 6.04 Å². The molecule has 1 atom stereocenters. The molecule has 0 amide bonds. The number of benzene rings is 1. The lowest BCUT2D eigenvalue weighted by atomic mass is 9.91. The second kappa shape index (κ2) is 3.53. The van der Waals surface area contributed by atoms with E-state index in [9.17, 15) is 0 Å². The minimum Gasteiger partial charge on any atom is -0.385 e. The molecule has 0 saturated carbocycles. The molecule has 0 spiro atoms. The molecule has 1 N–H and O–H groups in total. The Hall–Kier alpha value is -1.02. The third-order valence-corrected chi connectivity index (χ3v) is 3.72. The maximum absolute atomic E-state index is 3.51. The van der Waals surface area contributed by atoms with Gasteiger partial charge in [-0.15, -0.1) is 0 Å². The third-order valence-electron chi connectivity index (χ3n) is 3.72. The van der Waals surface area contributed by atoms with E-state index in [1.54, 1.807) is 5.56 Å². The standard InChI is InChI=1S/C13H18N2/c1-10-4-2-5-11-13(10)12(6-7-14-11)15-8-3-9-15/h2,4-5,12,14H,3,6-9H2,1H3. The van der Waals surface area contributed by atoms with Crippen LogP contribution < -0.4 is 5.32 Å². The lowest BCUT2D eigenvalue weighted by Crippen LogP contribution is -2.42. The maximum atomic E-state index is 3.51. The first kappa shape index (κ1) is 9.22. The number of aryl methyl sites for hydroxylation is 1. The first-order chi connectivity index (χ1) is 7.36. The lowest BCUT2D eigenvalue weighted by Gasteiger charge is -2.42. The fourth-order valence-corrected chi connectivity index (χ4v) is 2.78. The summed E-state index contributed by atoms with van der Waals surface area (Å²) < 4.78 is 0. The highest BCUT2D eigenvalue weighted by Crippen LogP contribution is 2.38. The van der Waals surface area contributed by atoms with Gasteiger partial charge in [0.05, 0.1) is 0 Å². The summed E-state index contributed by atoms with van der Waals surface area (Å²) in [5.41, 5.74) is 4.35. The van der Waals surface area contributed by atoms with E-state index >= 15 is 0 Å². The minimum absolute atomic E-state index is 0.677. The molecule has 1 saturated heterocycles. The molecule has 80 valence electrons. The van der Waals surface area contributed by atoms with Crippen molar-refractivity contribution in [1.82, 2.24) is 4.90 Å². The van der Waals surface area contributed by atoms with E-state index in [1.807, 2.05) is 0 Å². The molecule has 3 rings (SSSR count). The predicted molar refractivity (Wildman–Crippen MR) is 63.2 cm³/mol. The fourth-order valence-electron chi connectivity index (χ4n) is 2.78. The second-order valence-corrected chi connectivity index (χ2v) is 4.66. The van der Waals surface area contributed by atoms with Crippen LogP contribution in [0.3, 0.4) is 0 Å². The molecule has 1 aromatic rings. The molecule has 1 fully saturated rings. The summed E-state index contributed by atoms with van der Waals surface area (Å²) in [6, 6.07) is 7.28. The average molecular weight is 202 g/mol. The van der Waals surface area contributed by atoms with Crippen molar-refractivity contribution in [1.29, 1.82) is 0 Å². The molecule has 2 aliphatic heterocycles. The van der Waals surface area contributed by atoms with Gasteiger partial charge >= 0.3 is 0 Å². The van der Waals surface area contributed by atoms with Crippen LogP contribution in [0.25, 0.3) is 0 Å². The number of likely N-dealkylation sites (tertiary alicyclic amines) is 1. The van der Waals surface area contributed by atoms with Gasteiger partial charge in [-0.05, 0) is 50.0 Å². The van der Waals surface area contributed by atoms with Crippen LogP contribution >= 0.6 is 0 Å². The van der Waals surface area contributed by atoms with Crippen LogP contribution in [-0.4, -0.2) is 24.5 Å². The average Bonchev–Trinajstić information content (AvgIpc) is 2.15. The van der Waals surface area contributed by atoms with Crippen molar-refractivity contribution in [3.8, 4) is 0 Å². The molecular formula is C13H18N2. The van der Waals surface area contributed by atoms with Crippen LogP contribution in [0.5, 0.6) is 0 Å². The Morgan fingerprint density at radius 2 is 2.20 bits per heavy atom. The van der Waals surface area contributed by atoms with Gasteiger partial charge in [0, 0.05) is 18.3 Å². The SMILES string of the molecule is Cc1cccc2c1C(N1CCC1)CCN2. The summed E-state index contributed by atoms with van der Waals surface area (Å²) in [4.78, 5) is 2.62. The van der Waals surface area contributed by atoms with Gasteiger partial charge in [0.25, 0.3) is 0 Å². The third kappa shape index (κ3) is 1.44. The molecule has 2 aliphatic rings. The molecule has 1 aromatic carbocycles. The molecule has 2 heteroatoms. The van der Waals surface area contributed by atoms with Gasteiger partial charge in [-0.2, -0.15) is 0 Å². The summed E-state index contributed by atoms with van der Waals surface area (Å²) in [6.45, 7) is 5.94. The number of nitrogens with one attached hydrogen (secondary N) is 1. The van der Waals surface area contributed by atoms with Crippen LogP contribution in [0.1, 0.15) is 30.0 Å². The van der Waals surface area contributed by atoms with Crippen LogP contribution in [0, 0.1) is 6.92 Å². The number of rotatable bonds is 1. The Morgan fingerprint density at radius 1 is 1.33 bits per heavy atom. The molecule has 2 heterocycles. The summed E-state index contributed by atoms with van der Waals surface area (Å²) >= 11 is 0. The van der Waals surface area contributed by atoms with Crippen molar-refractivity contribution in [2.24, 2.45) is 0 Å². The summed E-state index contributed by atoms with van der Waals surface area (Å²) in [7, 11) is 0. The molecule has 0 aromatic heterocycles. The topological polar surface area (TPSA) is 15.3 Å². The van der Waals surface area contributed by atoms with Gasteiger partial charge in [0.2, 0.25) is 0 Å². The summed E-state index contributed by atoms with van der Waals surface area (Å²) in [5, 5.41) is 3.51. The Kier molecular flexibility index (Phi) is 2.17. The number of fused-ring (bicyclic) bond motifs is 1. The Labute approximate surface area is 91.3 Å². The predicted octanol–water partition coefficient (Wildman–Crippen LogP) is 2.56. The highest BCUT2D eigenvalue weighted by Gasteiger charge is 2.29. The first-order valence-corrected chi connectivity index (χ1v) is 5.94. The Morgan fingerprint density at radius 3 is 2.93 bits per heavy atom. The zero-order valence-corrected chi connectivity index (χ0v) is 9.29. The van der Waals surface area contributed by atoms with E-state index in [4.69, 9.17) is 0 Å². The van der Waals surface area contributed by atoms with Gasteiger partial charge in [0.15, 0.2) is 0 Å². The monoisotopic (exact) mass is 202 g/mol.